The lowest BCUT2D eigenvalue weighted by atomic mass is 9.96. The highest BCUT2D eigenvalue weighted by molar-refractivity contribution is 7.85. The van der Waals surface area contributed by atoms with Crippen molar-refractivity contribution in [3.05, 3.63) is 65.7 Å². The summed E-state index contributed by atoms with van der Waals surface area (Å²) in [5.74, 6) is -5.19. The Bertz CT molecular complexity index is 2080. The molecule has 5 amide bonds. The average molecular weight is 976 g/mol. The molecule has 0 aliphatic carbocycles. The van der Waals surface area contributed by atoms with E-state index in [1.165, 1.54) is 12.1 Å². The molecular formula is C45H73N11O11S. The summed E-state index contributed by atoms with van der Waals surface area (Å²) < 4.78 is 34.9. The molecule has 22 nitrogen and oxygen atoms in total. The van der Waals surface area contributed by atoms with Crippen molar-refractivity contribution in [2.75, 3.05) is 13.1 Å². The van der Waals surface area contributed by atoms with Gasteiger partial charge in [-0.2, -0.15) is 8.42 Å². The minimum atomic E-state index is -4.02. The van der Waals surface area contributed by atoms with Crippen LogP contribution in [0.15, 0.2) is 69.5 Å². The molecule has 0 radical (unpaired) electrons. The number of guanidine groups is 2. The number of nitrogens with two attached hydrogens (primary N) is 4. The van der Waals surface area contributed by atoms with Gasteiger partial charge in [-0.3, -0.25) is 33.7 Å². The SMILES string of the molecule is CCC(C)C(NC(=O)C(CCCN=C(N)N)NC(=O)C(CC(C)C)NC(=O)C(NC(=O)C(CCCN=C(N)N)NC(=O)OCc1ccccc1)C(C)CC)C(=O)O.Cc1ccc(S(=O)(=O)O)cc1. The van der Waals surface area contributed by atoms with E-state index in [1.807, 2.05) is 33.8 Å². The molecule has 0 spiro atoms. The smallest absolute Gasteiger partial charge is 0.408 e. The maximum absolute atomic E-state index is 14.0. The van der Waals surface area contributed by atoms with Crippen LogP contribution in [0.25, 0.3) is 0 Å². The van der Waals surface area contributed by atoms with Crippen LogP contribution in [0.4, 0.5) is 4.79 Å². The third-order valence-electron chi connectivity index (χ3n) is 10.6. The number of carbonyl (C=O) groups is 6. The predicted molar refractivity (Wildman–Crippen MR) is 258 cm³/mol. The minimum Gasteiger partial charge on any atom is -0.480 e. The number of aliphatic imine (C=N–C) groups is 2. The number of carboxylic acid groups (broad SMARTS) is 1. The monoisotopic (exact) mass is 976 g/mol. The summed E-state index contributed by atoms with van der Waals surface area (Å²) in [6, 6.07) is 9.13. The Morgan fingerprint density at radius 1 is 0.647 bits per heavy atom. The van der Waals surface area contributed by atoms with Gasteiger partial charge in [0, 0.05) is 13.1 Å². The first-order valence-electron chi connectivity index (χ1n) is 22.5. The van der Waals surface area contributed by atoms with Crippen LogP contribution in [0, 0.1) is 24.7 Å². The summed E-state index contributed by atoms with van der Waals surface area (Å²) in [6.45, 7) is 12.9. The van der Waals surface area contributed by atoms with Gasteiger partial charge >= 0.3 is 12.1 Å². The summed E-state index contributed by atoms with van der Waals surface area (Å²) in [7, 11) is -4.02. The predicted octanol–water partition coefficient (Wildman–Crippen LogP) is 1.79. The van der Waals surface area contributed by atoms with Crippen LogP contribution >= 0.6 is 0 Å². The van der Waals surface area contributed by atoms with Gasteiger partial charge in [0.1, 0.15) is 36.8 Å². The highest BCUT2D eigenvalue weighted by Gasteiger charge is 2.35. The molecule has 0 aliphatic rings. The zero-order chi connectivity index (χ0) is 51.6. The second-order valence-electron chi connectivity index (χ2n) is 16.8. The van der Waals surface area contributed by atoms with E-state index in [4.69, 9.17) is 32.2 Å². The van der Waals surface area contributed by atoms with Crippen molar-refractivity contribution < 1.29 is 51.6 Å². The quantitative estimate of drug-likeness (QED) is 0.0263. The van der Waals surface area contributed by atoms with E-state index >= 15 is 0 Å². The third kappa shape index (κ3) is 23.8. The number of hydrogen-bond donors (Lipinski definition) is 11. The molecule has 23 heteroatoms. The number of alkyl carbamates (subject to hydrolysis) is 1. The molecule has 0 saturated carbocycles. The number of benzene rings is 2. The molecule has 0 bridgehead atoms. The van der Waals surface area contributed by atoms with E-state index in [1.54, 1.807) is 57.2 Å². The summed E-state index contributed by atoms with van der Waals surface area (Å²) >= 11 is 0. The van der Waals surface area contributed by atoms with Gasteiger partial charge in [0.15, 0.2) is 11.9 Å². The van der Waals surface area contributed by atoms with Gasteiger partial charge in [-0.25, -0.2) is 9.59 Å². The lowest BCUT2D eigenvalue weighted by Gasteiger charge is -2.30. The van der Waals surface area contributed by atoms with Crippen molar-refractivity contribution in [2.24, 2.45) is 50.7 Å². The van der Waals surface area contributed by atoms with Gasteiger partial charge in [-0.15, -0.1) is 0 Å². The summed E-state index contributed by atoms with van der Waals surface area (Å²) in [5.41, 5.74) is 23.4. The van der Waals surface area contributed by atoms with Crippen molar-refractivity contribution in [3.8, 4) is 0 Å². The maximum atomic E-state index is 14.0. The molecule has 0 aromatic heterocycles. The minimum absolute atomic E-state index is 0.0387. The Kier molecular flexibility index (Phi) is 26.9. The molecule has 68 heavy (non-hydrogen) atoms. The lowest BCUT2D eigenvalue weighted by Crippen LogP contribution is -2.60. The standard InChI is InChI=1S/C38H65N11O8.C7H8O3S/c1-7-23(5)29(48-32(51)27(17-13-19-44-37(41)42)47-38(56)57-21-25-14-10-9-11-15-25)34(53)46-28(20-22(3)4)33(52)45-26(16-12-18-43-36(39)40)31(50)49-30(35(54)55)24(6)8-2;1-6-2-4-7(5-3-6)11(8,9)10/h9-11,14-15,22-24,26-30H,7-8,12-13,16-21H2,1-6H3,(H,45,52)(H,46,53)(H,47,56)(H,48,51)(H,49,50)(H,54,55)(H4,39,40,43)(H4,41,42,44);2-5H,1H3,(H,8,9,10). The number of aliphatic carboxylic acids is 1. The van der Waals surface area contributed by atoms with Crippen molar-refractivity contribution in [1.82, 2.24) is 26.6 Å². The van der Waals surface area contributed by atoms with Crippen LogP contribution in [0.5, 0.6) is 0 Å². The molecule has 0 saturated heterocycles. The van der Waals surface area contributed by atoms with Crippen LogP contribution in [-0.2, 0) is 45.4 Å². The van der Waals surface area contributed by atoms with Gasteiger partial charge in [-0.05, 0) is 74.5 Å². The molecule has 2 aromatic rings. The summed E-state index contributed by atoms with van der Waals surface area (Å²) in [5, 5.41) is 23.1. The van der Waals surface area contributed by atoms with Crippen molar-refractivity contribution in [2.45, 2.75) is 135 Å². The zero-order valence-electron chi connectivity index (χ0n) is 40.1. The number of rotatable bonds is 27. The van der Waals surface area contributed by atoms with Gasteiger partial charge in [0.05, 0.1) is 4.90 Å². The van der Waals surface area contributed by atoms with E-state index in [2.05, 4.69) is 36.6 Å². The lowest BCUT2D eigenvalue weighted by molar-refractivity contribution is -0.144. The molecule has 0 aliphatic heterocycles. The summed E-state index contributed by atoms with van der Waals surface area (Å²) in [6.07, 6.45) is 0.965. The summed E-state index contributed by atoms with van der Waals surface area (Å²) in [4.78, 5) is 87.7. The molecule has 7 atom stereocenters. The largest absolute Gasteiger partial charge is 0.480 e. The number of nitrogens with zero attached hydrogens (tertiary/aromatic N) is 2. The Morgan fingerprint density at radius 2 is 1.10 bits per heavy atom. The van der Waals surface area contributed by atoms with E-state index in [0.717, 1.165) is 11.1 Å². The first kappa shape index (κ1) is 59.5. The molecule has 0 heterocycles. The molecule has 7 unspecified atom stereocenters. The Morgan fingerprint density at radius 3 is 1.56 bits per heavy atom. The van der Waals surface area contributed by atoms with Gasteiger partial charge in [0.2, 0.25) is 23.6 Å². The fourth-order valence-corrected chi connectivity index (χ4v) is 6.77. The van der Waals surface area contributed by atoms with E-state index in [0.29, 0.717) is 19.3 Å². The van der Waals surface area contributed by atoms with E-state index in [-0.39, 0.29) is 68.1 Å². The normalized spacial score (nSPS) is 14.1. The second-order valence-corrected chi connectivity index (χ2v) is 18.2. The molecule has 2 rings (SSSR count). The van der Waals surface area contributed by atoms with E-state index in [9.17, 15) is 42.3 Å². The Hall–Kier alpha value is -6.49. The van der Waals surface area contributed by atoms with Crippen molar-refractivity contribution in [1.29, 1.82) is 0 Å². The van der Waals surface area contributed by atoms with Gasteiger partial charge in [-0.1, -0.05) is 102 Å². The number of ether oxygens (including phenoxy) is 1. The fourth-order valence-electron chi connectivity index (χ4n) is 6.29. The van der Waals surface area contributed by atoms with Crippen LogP contribution in [-0.4, -0.2) is 109 Å². The highest BCUT2D eigenvalue weighted by atomic mass is 32.2. The number of carboxylic acids is 1. The third-order valence-corrected chi connectivity index (χ3v) is 11.4. The van der Waals surface area contributed by atoms with Gasteiger partial charge in [0.25, 0.3) is 10.1 Å². The van der Waals surface area contributed by atoms with E-state index < -0.39 is 87.9 Å². The van der Waals surface area contributed by atoms with Crippen LogP contribution in [0.3, 0.4) is 0 Å². The van der Waals surface area contributed by atoms with Crippen LogP contribution in [0.2, 0.25) is 0 Å². The molecule has 0 fully saturated rings. The number of carbonyl (C=O) groups excluding carboxylic acids is 5. The number of hydrogen-bond acceptors (Lipinski definition) is 11. The Labute approximate surface area is 399 Å². The average Bonchev–Trinajstić information content (AvgIpc) is 3.27. The van der Waals surface area contributed by atoms with Crippen LogP contribution < -0.4 is 49.5 Å². The molecular weight excluding hydrogens is 903 g/mol. The van der Waals surface area contributed by atoms with Gasteiger partial charge < -0.3 is 59.4 Å². The highest BCUT2D eigenvalue weighted by Crippen LogP contribution is 2.14. The first-order chi connectivity index (χ1) is 31.9. The number of aryl methyl sites for hydroxylation is 1. The topological polar surface area (TPSA) is 375 Å². The zero-order valence-corrected chi connectivity index (χ0v) is 40.9. The first-order valence-corrected chi connectivity index (χ1v) is 23.9. The van der Waals surface area contributed by atoms with Crippen molar-refractivity contribution in [3.63, 3.8) is 0 Å². The number of amides is 5. The van der Waals surface area contributed by atoms with Crippen molar-refractivity contribution >= 4 is 57.7 Å². The Balaban J connectivity index is 0.00000183. The maximum Gasteiger partial charge on any atom is 0.408 e. The van der Waals surface area contributed by atoms with Crippen LogP contribution in [0.1, 0.15) is 97.6 Å². The molecule has 15 N–H and O–H groups in total. The second kappa shape index (κ2) is 30.7. The fraction of sp³-hybridized carbons (Fsp3) is 0.556. The molecule has 2 aromatic carbocycles. The molecule has 380 valence electrons. The number of nitrogens with one attached hydrogen (secondary N) is 5.